The maximum Gasteiger partial charge on any atom is 0.338 e. The van der Waals surface area contributed by atoms with Crippen LogP contribution in [0.2, 0.25) is 0 Å². The van der Waals surface area contributed by atoms with Crippen molar-refractivity contribution in [3.05, 3.63) is 112 Å². The molecule has 1 aliphatic heterocycles. The summed E-state index contributed by atoms with van der Waals surface area (Å²) in [7, 11) is 3.13. The Balaban J connectivity index is 1.56. The summed E-state index contributed by atoms with van der Waals surface area (Å²) in [6, 6.07) is 18.3. The fourth-order valence-corrected chi connectivity index (χ4v) is 6.50. The van der Waals surface area contributed by atoms with Gasteiger partial charge in [0.25, 0.3) is 5.56 Å². The summed E-state index contributed by atoms with van der Waals surface area (Å²) in [5.41, 5.74) is 2.93. The second kappa shape index (κ2) is 14.5. The normalized spacial score (nSPS) is 14.5. The summed E-state index contributed by atoms with van der Waals surface area (Å²) >= 11 is 3.51. The predicted molar refractivity (Wildman–Crippen MR) is 186 cm³/mol. The number of rotatable bonds is 11. The molecule has 0 amide bonds. The molecule has 2 heterocycles. The zero-order valence-corrected chi connectivity index (χ0v) is 29.4. The van der Waals surface area contributed by atoms with E-state index in [0.29, 0.717) is 50.2 Å². The average molecular weight is 755 g/mol. The van der Waals surface area contributed by atoms with Crippen molar-refractivity contribution in [1.29, 1.82) is 0 Å². The fraction of sp³-hybridized carbons (Fsp3) is 0.286. The van der Waals surface area contributed by atoms with Gasteiger partial charge in [-0.25, -0.2) is 9.79 Å². The van der Waals surface area contributed by atoms with E-state index in [9.17, 15) is 9.59 Å². The number of carbonyl (C=O) groups is 1. The monoisotopic (exact) mass is 754 g/mol. The first-order valence-electron chi connectivity index (χ1n) is 14.7. The zero-order valence-electron chi connectivity index (χ0n) is 26.5. The van der Waals surface area contributed by atoms with Gasteiger partial charge in [-0.3, -0.25) is 9.36 Å². The molecule has 0 fully saturated rings. The molecule has 0 N–H and O–H groups in total. The lowest BCUT2D eigenvalue weighted by Crippen LogP contribution is -2.40. The summed E-state index contributed by atoms with van der Waals surface area (Å²) < 4.78 is 31.8. The highest BCUT2D eigenvalue weighted by Crippen LogP contribution is 2.36. The third-order valence-electron chi connectivity index (χ3n) is 7.18. The van der Waals surface area contributed by atoms with Crippen LogP contribution in [-0.4, -0.2) is 37.5 Å². The van der Waals surface area contributed by atoms with E-state index in [0.717, 1.165) is 14.7 Å². The summed E-state index contributed by atoms with van der Waals surface area (Å²) in [6.07, 6.45) is 1.72. The SMILES string of the molecule is CCOC(=O)C1=C(C)N=c2s/c(=C\c3ccc(OCc4ccc(I)cc4)c(OC)c3)c(=O)n2[C@H]1c1ccc(OC(C)C)c(OC)c1. The van der Waals surface area contributed by atoms with Crippen LogP contribution in [0, 0.1) is 3.57 Å². The molecule has 3 aromatic carbocycles. The van der Waals surface area contributed by atoms with Gasteiger partial charge in [-0.2, -0.15) is 0 Å². The number of aromatic nitrogens is 1. The first kappa shape index (κ1) is 33.3. The maximum absolute atomic E-state index is 14.1. The Bertz CT molecular complexity index is 1960. The van der Waals surface area contributed by atoms with E-state index in [1.807, 2.05) is 62.4 Å². The lowest BCUT2D eigenvalue weighted by Gasteiger charge is -2.25. The average Bonchev–Trinajstić information content (AvgIpc) is 3.34. The number of esters is 1. The molecule has 0 bridgehead atoms. The van der Waals surface area contributed by atoms with Crippen LogP contribution in [0.3, 0.4) is 0 Å². The molecular weight excluding hydrogens is 719 g/mol. The second-order valence-corrected chi connectivity index (χ2v) is 13.0. The van der Waals surface area contributed by atoms with Gasteiger partial charge in [0.15, 0.2) is 27.8 Å². The van der Waals surface area contributed by atoms with E-state index in [1.54, 1.807) is 50.8 Å². The number of ether oxygens (including phenoxy) is 5. The Morgan fingerprint density at radius 1 is 1.00 bits per heavy atom. The Hall–Kier alpha value is -4.10. The van der Waals surface area contributed by atoms with E-state index in [4.69, 9.17) is 23.7 Å². The van der Waals surface area contributed by atoms with Crippen LogP contribution >= 0.6 is 33.9 Å². The molecule has 46 heavy (non-hydrogen) atoms. The number of fused-ring (bicyclic) bond motifs is 1. The van der Waals surface area contributed by atoms with Gasteiger partial charge < -0.3 is 23.7 Å². The molecule has 0 saturated heterocycles. The molecule has 4 aromatic rings. The van der Waals surface area contributed by atoms with Crippen molar-refractivity contribution in [2.24, 2.45) is 4.99 Å². The topological polar surface area (TPSA) is 97.6 Å². The summed E-state index contributed by atoms with van der Waals surface area (Å²) in [5.74, 6) is 1.65. The van der Waals surface area contributed by atoms with Gasteiger partial charge in [0.2, 0.25) is 0 Å². The van der Waals surface area contributed by atoms with Gasteiger partial charge in [0, 0.05) is 3.57 Å². The van der Waals surface area contributed by atoms with Crippen LogP contribution in [-0.2, 0) is 16.1 Å². The van der Waals surface area contributed by atoms with Crippen LogP contribution in [0.1, 0.15) is 50.4 Å². The van der Waals surface area contributed by atoms with Gasteiger partial charge in [-0.15, -0.1) is 0 Å². The van der Waals surface area contributed by atoms with Crippen molar-refractivity contribution < 1.29 is 28.5 Å². The van der Waals surface area contributed by atoms with E-state index in [2.05, 4.69) is 27.6 Å². The smallest absolute Gasteiger partial charge is 0.338 e. The number of allylic oxidation sites excluding steroid dienone is 1. The van der Waals surface area contributed by atoms with Crippen LogP contribution < -0.4 is 33.8 Å². The zero-order chi connectivity index (χ0) is 33.0. The lowest BCUT2D eigenvalue weighted by atomic mass is 9.95. The van der Waals surface area contributed by atoms with Gasteiger partial charge >= 0.3 is 5.97 Å². The number of hydrogen-bond donors (Lipinski definition) is 0. The highest BCUT2D eigenvalue weighted by Gasteiger charge is 2.34. The molecule has 11 heteroatoms. The third kappa shape index (κ3) is 7.15. The number of carbonyl (C=O) groups excluding carboxylic acids is 1. The number of thiazole rings is 1. The number of methoxy groups -OCH3 is 2. The summed E-state index contributed by atoms with van der Waals surface area (Å²) in [6.45, 7) is 7.93. The van der Waals surface area contributed by atoms with Crippen molar-refractivity contribution in [3.63, 3.8) is 0 Å². The highest BCUT2D eigenvalue weighted by molar-refractivity contribution is 14.1. The Labute approximate surface area is 284 Å². The van der Waals surface area contributed by atoms with Crippen molar-refractivity contribution in [3.8, 4) is 23.0 Å². The molecule has 240 valence electrons. The molecule has 0 radical (unpaired) electrons. The van der Waals surface area contributed by atoms with Crippen molar-refractivity contribution in [1.82, 2.24) is 4.57 Å². The minimum absolute atomic E-state index is 0.0677. The molecule has 0 aliphatic carbocycles. The van der Waals surface area contributed by atoms with E-state index in [1.165, 1.54) is 11.3 Å². The molecular formula is C35H35IN2O7S. The van der Waals surface area contributed by atoms with E-state index in [-0.39, 0.29) is 23.8 Å². The van der Waals surface area contributed by atoms with Crippen molar-refractivity contribution >= 4 is 46.0 Å². The summed E-state index contributed by atoms with van der Waals surface area (Å²) in [5, 5.41) is 0. The fourth-order valence-electron chi connectivity index (χ4n) is 5.10. The van der Waals surface area contributed by atoms with E-state index < -0.39 is 12.0 Å². The highest BCUT2D eigenvalue weighted by atomic mass is 127. The maximum atomic E-state index is 14.1. The van der Waals surface area contributed by atoms with Gasteiger partial charge in [0.1, 0.15) is 6.61 Å². The molecule has 1 atom stereocenters. The van der Waals surface area contributed by atoms with Crippen molar-refractivity contribution in [2.45, 2.75) is 46.4 Å². The molecule has 1 aromatic heterocycles. The number of halogens is 1. The van der Waals surface area contributed by atoms with Gasteiger partial charge in [-0.1, -0.05) is 35.6 Å². The molecule has 0 saturated carbocycles. The third-order valence-corrected chi connectivity index (χ3v) is 8.88. The molecule has 9 nitrogen and oxygen atoms in total. The number of benzene rings is 3. The van der Waals surface area contributed by atoms with Crippen LogP contribution in [0.15, 0.2) is 81.7 Å². The first-order valence-corrected chi connectivity index (χ1v) is 16.6. The van der Waals surface area contributed by atoms with E-state index >= 15 is 0 Å². The minimum atomic E-state index is -0.786. The second-order valence-electron chi connectivity index (χ2n) is 10.7. The number of nitrogens with zero attached hydrogens (tertiary/aromatic N) is 2. The number of hydrogen-bond acceptors (Lipinski definition) is 9. The largest absolute Gasteiger partial charge is 0.493 e. The minimum Gasteiger partial charge on any atom is -0.493 e. The molecule has 0 spiro atoms. The summed E-state index contributed by atoms with van der Waals surface area (Å²) in [4.78, 5) is 32.5. The Morgan fingerprint density at radius 3 is 2.37 bits per heavy atom. The first-order chi connectivity index (χ1) is 22.1. The Morgan fingerprint density at radius 2 is 1.70 bits per heavy atom. The van der Waals surface area contributed by atoms with Crippen LogP contribution in [0.4, 0.5) is 0 Å². The standard InChI is InChI=1S/C35H35IN2O7S/c1-7-43-34(40)31-21(4)37-35-38(32(31)24-11-15-27(45-20(2)3)29(18-24)42-6)33(39)30(46-35)17-23-10-14-26(28(16-23)41-5)44-19-22-8-12-25(36)13-9-22/h8-18,20,32H,7,19H2,1-6H3/b30-17-/t32-/m0/s1. The van der Waals surface area contributed by atoms with Gasteiger partial charge in [0.05, 0.1) is 48.8 Å². The lowest BCUT2D eigenvalue weighted by molar-refractivity contribution is -0.139. The molecule has 1 aliphatic rings. The predicted octanol–water partition coefficient (Wildman–Crippen LogP) is 5.79. The van der Waals surface area contributed by atoms with Crippen LogP contribution in [0.25, 0.3) is 6.08 Å². The van der Waals surface area contributed by atoms with Crippen molar-refractivity contribution in [2.75, 3.05) is 20.8 Å². The molecule has 0 unspecified atom stereocenters. The quantitative estimate of drug-likeness (QED) is 0.141. The Kier molecular flexibility index (Phi) is 10.5. The van der Waals surface area contributed by atoms with Crippen LogP contribution in [0.5, 0.6) is 23.0 Å². The molecule has 5 rings (SSSR count). The van der Waals surface area contributed by atoms with Gasteiger partial charge in [-0.05, 0) is 109 Å².